The molecule has 290 valence electrons. The highest BCUT2D eigenvalue weighted by atomic mass is 32.2. The van der Waals surface area contributed by atoms with Gasteiger partial charge in [-0.25, -0.2) is 9.78 Å². The first-order chi connectivity index (χ1) is 26.7. The number of rotatable bonds is 16. The Morgan fingerprint density at radius 3 is 2.53 bits per heavy atom. The summed E-state index contributed by atoms with van der Waals surface area (Å²) in [5.41, 5.74) is 4.89. The van der Waals surface area contributed by atoms with Gasteiger partial charge in [-0.05, 0) is 105 Å². The number of hydrogen-bond donors (Lipinski definition) is 3. The number of benzene rings is 2. The molecule has 3 N–H and O–H groups in total. The van der Waals surface area contributed by atoms with Gasteiger partial charge in [0.25, 0.3) is 0 Å². The summed E-state index contributed by atoms with van der Waals surface area (Å²) < 4.78 is 17.9. The molecule has 0 bridgehead atoms. The fourth-order valence-electron chi connectivity index (χ4n) is 8.21. The van der Waals surface area contributed by atoms with Crippen molar-refractivity contribution in [3.63, 3.8) is 0 Å². The topological polar surface area (TPSA) is 162 Å². The lowest BCUT2D eigenvalue weighted by atomic mass is 10.0. The van der Waals surface area contributed by atoms with E-state index in [2.05, 4.69) is 39.4 Å². The van der Waals surface area contributed by atoms with E-state index in [1.807, 2.05) is 35.4 Å². The summed E-state index contributed by atoms with van der Waals surface area (Å²) in [5, 5.41) is 5.74. The molecular weight excluding hydrogens is 721 g/mol. The van der Waals surface area contributed by atoms with E-state index in [0.29, 0.717) is 50.9 Å². The number of ether oxygens (including phenoxy) is 2. The molecule has 8 rings (SSSR count). The molecule has 2 aliphatic heterocycles. The summed E-state index contributed by atoms with van der Waals surface area (Å²) in [4.78, 5) is 63.0. The van der Waals surface area contributed by atoms with E-state index < -0.39 is 11.9 Å². The number of carbonyl (C=O) groups excluding carboxylic acids is 3. The Balaban J connectivity index is 0.724. The van der Waals surface area contributed by atoms with Gasteiger partial charge in [0.1, 0.15) is 11.9 Å². The van der Waals surface area contributed by atoms with Gasteiger partial charge < -0.3 is 14.8 Å². The summed E-state index contributed by atoms with van der Waals surface area (Å²) in [6, 6.07) is 11.6. The van der Waals surface area contributed by atoms with Crippen molar-refractivity contribution < 1.29 is 23.9 Å². The molecular formula is C40H48N8O6S. The number of nitrogens with one attached hydrogen (secondary N) is 3. The Hall–Kier alpha value is -4.57. The first kappa shape index (κ1) is 37.4. The minimum Gasteiger partial charge on any atom is -0.379 e. The predicted molar refractivity (Wildman–Crippen MR) is 210 cm³/mol. The number of nitrogens with zero attached hydrogens (tertiary/aromatic N) is 5. The SMILES string of the molecule is Cc1cc(SNCCOCCOCCCc2ccc3c(c2)n(C)c(=O)n3C2CCC(=O)NC2=O)ccc1Nc1ncc2c(n1)N(C1CCCC1)C(=O)C21CC1. The molecule has 15 heteroatoms. The maximum atomic E-state index is 13.4. The van der Waals surface area contributed by atoms with Crippen LogP contribution in [0.5, 0.6) is 0 Å². The number of hydrogen-bond acceptors (Lipinski definition) is 11. The van der Waals surface area contributed by atoms with E-state index in [0.717, 1.165) is 90.0 Å². The van der Waals surface area contributed by atoms with E-state index in [9.17, 15) is 19.2 Å². The monoisotopic (exact) mass is 768 g/mol. The van der Waals surface area contributed by atoms with Gasteiger partial charge >= 0.3 is 5.69 Å². The van der Waals surface area contributed by atoms with Crippen LogP contribution < -0.4 is 25.9 Å². The lowest BCUT2D eigenvalue weighted by Crippen LogP contribution is -2.44. The summed E-state index contributed by atoms with van der Waals surface area (Å²) in [6.45, 7) is 4.90. The maximum Gasteiger partial charge on any atom is 0.329 e. The number of anilines is 3. The maximum absolute atomic E-state index is 13.4. The van der Waals surface area contributed by atoms with Crippen molar-refractivity contribution in [2.45, 2.75) is 93.5 Å². The number of aromatic nitrogens is 4. The average Bonchev–Trinajstić information content (AvgIpc) is 3.64. The largest absolute Gasteiger partial charge is 0.379 e. The number of imide groups is 1. The third-order valence-corrected chi connectivity index (χ3v) is 12.2. The van der Waals surface area contributed by atoms with Crippen LogP contribution in [0.3, 0.4) is 0 Å². The van der Waals surface area contributed by atoms with Crippen LogP contribution in [0.2, 0.25) is 0 Å². The Morgan fingerprint density at radius 1 is 0.964 bits per heavy atom. The second-order valence-electron chi connectivity index (χ2n) is 15.1. The van der Waals surface area contributed by atoms with E-state index in [4.69, 9.17) is 14.5 Å². The Kier molecular flexibility index (Phi) is 10.8. The van der Waals surface area contributed by atoms with Crippen molar-refractivity contribution in [3.8, 4) is 0 Å². The Bertz CT molecular complexity index is 2170. The van der Waals surface area contributed by atoms with Crippen LogP contribution in [0.15, 0.2) is 52.3 Å². The normalized spacial score (nSPS) is 19.1. The van der Waals surface area contributed by atoms with E-state index in [1.54, 1.807) is 23.6 Å². The molecule has 14 nitrogen and oxygen atoms in total. The quantitative estimate of drug-likeness (QED) is 0.0821. The highest BCUT2D eigenvalue weighted by Gasteiger charge is 2.61. The minimum absolute atomic E-state index is 0.215. The van der Waals surface area contributed by atoms with Gasteiger partial charge in [0, 0.05) is 55.0 Å². The van der Waals surface area contributed by atoms with Gasteiger partial charge in [-0.2, -0.15) is 4.98 Å². The fraction of sp³-hybridized carbons (Fsp3) is 0.500. The van der Waals surface area contributed by atoms with Crippen molar-refractivity contribution in [1.82, 2.24) is 29.1 Å². The molecule has 2 aromatic carbocycles. The smallest absolute Gasteiger partial charge is 0.329 e. The zero-order chi connectivity index (χ0) is 38.1. The number of aryl methyl sites for hydroxylation is 3. The van der Waals surface area contributed by atoms with Crippen LogP contribution >= 0.6 is 11.9 Å². The molecule has 1 saturated heterocycles. The van der Waals surface area contributed by atoms with Gasteiger partial charge in [0.05, 0.1) is 36.3 Å². The average molecular weight is 769 g/mol. The summed E-state index contributed by atoms with van der Waals surface area (Å²) >= 11 is 1.56. The molecule has 3 amide bonds. The molecule has 2 saturated carbocycles. The molecule has 2 aliphatic carbocycles. The third kappa shape index (κ3) is 7.54. The second-order valence-corrected chi connectivity index (χ2v) is 16.0. The first-order valence-electron chi connectivity index (χ1n) is 19.4. The Labute approximate surface area is 323 Å². The second kappa shape index (κ2) is 15.9. The minimum atomic E-state index is -0.688. The standard InChI is InChI=1S/C40H48N8O6S/c1-25-22-28(10-11-30(25)43-38-41-24-29-35(45-38)47(27-7-3-4-8-27)37(51)40(29)15-16-40)55-42-17-19-54-21-20-53-18-5-6-26-9-12-31-33(23-26)46(2)39(52)48(31)32-13-14-34(49)44-36(32)50/h9-12,22-24,27,32,42H,3-8,13-21H2,1-2H3,(H,41,43,45)(H,44,49,50). The summed E-state index contributed by atoms with van der Waals surface area (Å²) in [5.74, 6) is 0.807. The Morgan fingerprint density at radius 2 is 1.76 bits per heavy atom. The van der Waals surface area contributed by atoms with E-state index in [-0.39, 0.29) is 35.4 Å². The molecule has 1 spiro atoms. The van der Waals surface area contributed by atoms with Crippen LogP contribution in [0.4, 0.5) is 17.5 Å². The van der Waals surface area contributed by atoms with Crippen LogP contribution in [0, 0.1) is 6.92 Å². The predicted octanol–water partition coefficient (Wildman–Crippen LogP) is 4.74. The zero-order valence-electron chi connectivity index (χ0n) is 31.4. The molecule has 55 heavy (non-hydrogen) atoms. The van der Waals surface area contributed by atoms with Crippen molar-refractivity contribution in [3.05, 3.63) is 69.8 Å². The van der Waals surface area contributed by atoms with Gasteiger partial charge in [-0.3, -0.25) is 38.5 Å². The summed E-state index contributed by atoms with van der Waals surface area (Å²) in [7, 11) is 1.70. The molecule has 3 fully saturated rings. The number of carbonyl (C=O) groups is 3. The lowest BCUT2D eigenvalue weighted by Gasteiger charge is -2.24. The van der Waals surface area contributed by atoms with Gasteiger partial charge in [0.15, 0.2) is 0 Å². The van der Waals surface area contributed by atoms with Crippen LogP contribution in [0.1, 0.15) is 80.5 Å². The van der Waals surface area contributed by atoms with Gasteiger partial charge in [-0.15, -0.1) is 0 Å². The number of fused-ring (bicyclic) bond motifs is 3. The van der Waals surface area contributed by atoms with Gasteiger partial charge in [0.2, 0.25) is 23.7 Å². The molecule has 1 atom stereocenters. The van der Waals surface area contributed by atoms with Gasteiger partial charge in [-0.1, -0.05) is 18.9 Å². The van der Waals surface area contributed by atoms with E-state index >= 15 is 0 Å². The number of imidazole rings is 1. The third-order valence-electron chi connectivity index (χ3n) is 11.4. The molecule has 4 aliphatic rings. The highest BCUT2D eigenvalue weighted by Crippen LogP contribution is 2.58. The lowest BCUT2D eigenvalue weighted by molar-refractivity contribution is -0.135. The molecule has 2 aromatic heterocycles. The zero-order valence-corrected chi connectivity index (χ0v) is 32.2. The van der Waals surface area contributed by atoms with Crippen molar-refractivity contribution in [1.29, 1.82) is 0 Å². The number of piperidine rings is 1. The molecule has 1 unspecified atom stereocenters. The first-order valence-corrected chi connectivity index (χ1v) is 20.2. The van der Waals surface area contributed by atoms with Crippen molar-refractivity contribution >= 4 is 58.2 Å². The van der Waals surface area contributed by atoms with Crippen LogP contribution in [-0.2, 0) is 42.7 Å². The molecule has 0 radical (unpaired) electrons. The van der Waals surface area contributed by atoms with Crippen LogP contribution in [0.25, 0.3) is 11.0 Å². The van der Waals surface area contributed by atoms with E-state index in [1.165, 1.54) is 4.57 Å². The summed E-state index contributed by atoms with van der Waals surface area (Å²) in [6.07, 6.45) is 10.2. The molecule has 4 aromatic rings. The van der Waals surface area contributed by atoms with Crippen molar-refractivity contribution in [2.75, 3.05) is 43.2 Å². The number of amides is 3. The highest BCUT2D eigenvalue weighted by molar-refractivity contribution is 7.97. The molecule has 4 heterocycles. The van der Waals surface area contributed by atoms with Crippen molar-refractivity contribution in [2.24, 2.45) is 7.05 Å². The van der Waals surface area contributed by atoms with Crippen LogP contribution in [-0.4, -0.2) is 75.8 Å². The fourth-order valence-corrected chi connectivity index (χ4v) is 8.93.